The molecule has 2 aromatic rings. The van der Waals surface area contributed by atoms with Crippen molar-refractivity contribution in [1.82, 2.24) is 25.3 Å². The van der Waals surface area contributed by atoms with Crippen LogP contribution in [-0.2, 0) is 4.74 Å². The molecule has 116 valence electrons. The van der Waals surface area contributed by atoms with Gasteiger partial charge in [0.25, 0.3) is 5.91 Å². The first kappa shape index (κ1) is 13.4. The zero-order valence-corrected chi connectivity index (χ0v) is 12.2. The molecule has 0 radical (unpaired) electrons. The van der Waals surface area contributed by atoms with Crippen LogP contribution in [0.1, 0.15) is 46.9 Å². The van der Waals surface area contributed by atoms with Crippen LogP contribution in [0.2, 0.25) is 0 Å². The van der Waals surface area contributed by atoms with Gasteiger partial charge in [0, 0.05) is 12.1 Å². The van der Waals surface area contributed by atoms with Crippen molar-refractivity contribution < 1.29 is 13.9 Å². The van der Waals surface area contributed by atoms with Crippen molar-refractivity contribution in [2.45, 2.75) is 37.8 Å². The molecule has 0 bridgehead atoms. The minimum atomic E-state index is -0.252. The third-order valence-electron chi connectivity index (χ3n) is 4.09. The molecule has 1 saturated heterocycles. The van der Waals surface area contributed by atoms with Gasteiger partial charge in [0.1, 0.15) is 0 Å². The third-order valence-corrected chi connectivity index (χ3v) is 4.09. The molecule has 2 aromatic heterocycles. The Morgan fingerprint density at radius 2 is 2.27 bits per heavy atom. The summed E-state index contributed by atoms with van der Waals surface area (Å²) in [5, 5.41) is 10.7. The van der Waals surface area contributed by atoms with Gasteiger partial charge in [-0.15, -0.1) is 5.10 Å². The summed E-state index contributed by atoms with van der Waals surface area (Å²) in [5.74, 6) is 1.11. The average molecular weight is 303 g/mol. The van der Waals surface area contributed by atoms with Crippen LogP contribution < -0.4 is 5.32 Å². The largest absolute Gasteiger partial charge is 0.435 e. The lowest BCUT2D eigenvalue weighted by Gasteiger charge is -2.18. The van der Waals surface area contributed by atoms with E-state index in [-0.39, 0.29) is 18.0 Å². The highest BCUT2D eigenvalue weighted by Gasteiger charge is 2.34. The highest BCUT2D eigenvalue weighted by molar-refractivity contribution is 5.92. The molecule has 1 aliphatic heterocycles. The molecule has 2 aliphatic rings. The molecule has 8 heteroatoms. The van der Waals surface area contributed by atoms with Crippen LogP contribution in [0.15, 0.2) is 16.8 Å². The smallest absolute Gasteiger partial charge is 0.289 e. The van der Waals surface area contributed by atoms with Crippen molar-refractivity contribution in [3.63, 3.8) is 0 Å². The molecule has 8 nitrogen and oxygen atoms in total. The van der Waals surface area contributed by atoms with E-state index < -0.39 is 0 Å². The number of carbonyl (C=O) groups excluding carboxylic acids is 1. The minimum Gasteiger partial charge on any atom is -0.435 e. The number of nitrogens with one attached hydrogen (secondary N) is 1. The van der Waals surface area contributed by atoms with Gasteiger partial charge in [-0.05, 0) is 19.8 Å². The highest BCUT2D eigenvalue weighted by atomic mass is 16.5. The van der Waals surface area contributed by atoms with Gasteiger partial charge in [0.05, 0.1) is 37.2 Å². The molecule has 2 atom stereocenters. The van der Waals surface area contributed by atoms with Gasteiger partial charge in [0.2, 0.25) is 5.76 Å². The van der Waals surface area contributed by atoms with Crippen molar-refractivity contribution in [3.05, 3.63) is 29.7 Å². The van der Waals surface area contributed by atoms with Gasteiger partial charge >= 0.3 is 0 Å². The first-order valence-corrected chi connectivity index (χ1v) is 7.44. The Bertz CT molecular complexity index is 677. The van der Waals surface area contributed by atoms with Gasteiger partial charge in [-0.25, -0.2) is 9.67 Å². The van der Waals surface area contributed by atoms with Crippen LogP contribution in [0, 0.1) is 6.92 Å². The Balaban J connectivity index is 1.49. The zero-order valence-electron chi connectivity index (χ0n) is 12.2. The highest BCUT2D eigenvalue weighted by Crippen LogP contribution is 2.40. The van der Waals surface area contributed by atoms with E-state index in [0.29, 0.717) is 36.5 Å². The molecule has 2 fully saturated rings. The fourth-order valence-corrected chi connectivity index (χ4v) is 2.70. The molecule has 3 heterocycles. The molecule has 4 rings (SSSR count). The fraction of sp³-hybridized carbons (Fsp3) is 0.571. The van der Waals surface area contributed by atoms with Crippen molar-refractivity contribution in [2.24, 2.45) is 0 Å². The number of hydrogen-bond donors (Lipinski definition) is 1. The van der Waals surface area contributed by atoms with E-state index in [9.17, 15) is 4.79 Å². The van der Waals surface area contributed by atoms with E-state index >= 15 is 0 Å². The average Bonchev–Trinajstić information content (AvgIpc) is 2.92. The lowest BCUT2D eigenvalue weighted by atomic mass is 10.1. The summed E-state index contributed by atoms with van der Waals surface area (Å²) >= 11 is 0. The molecule has 0 unspecified atom stereocenters. The number of amides is 1. The number of nitrogens with zero attached hydrogens (tertiary/aromatic N) is 4. The molecule has 0 spiro atoms. The SMILES string of the molecule is Cc1nc(C2CC2)oc1C(=O)N[C@H]1COC[C@H]1n1ccnn1. The second kappa shape index (κ2) is 5.20. The summed E-state index contributed by atoms with van der Waals surface area (Å²) in [4.78, 5) is 16.8. The number of carbonyl (C=O) groups is 1. The Kier molecular flexibility index (Phi) is 3.18. The van der Waals surface area contributed by atoms with Crippen LogP contribution in [0.5, 0.6) is 0 Å². The Morgan fingerprint density at radius 1 is 1.41 bits per heavy atom. The summed E-state index contributed by atoms with van der Waals surface area (Å²) in [6.45, 7) is 2.74. The lowest BCUT2D eigenvalue weighted by molar-refractivity contribution is 0.0894. The van der Waals surface area contributed by atoms with Crippen LogP contribution in [0.4, 0.5) is 0 Å². The number of rotatable bonds is 4. The monoisotopic (exact) mass is 303 g/mol. The van der Waals surface area contributed by atoms with Crippen molar-refractivity contribution >= 4 is 5.91 Å². The molecule has 0 aromatic carbocycles. The predicted molar refractivity (Wildman–Crippen MR) is 74.3 cm³/mol. The maximum absolute atomic E-state index is 12.4. The topological polar surface area (TPSA) is 95.1 Å². The molecular formula is C14H17N5O3. The second-order valence-corrected chi connectivity index (χ2v) is 5.81. The van der Waals surface area contributed by atoms with Gasteiger partial charge in [-0.3, -0.25) is 4.79 Å². The Hall–Kier alpha value is -2.22. The van der Waals surface area contributed by atoms with Gasteiger partial charge in [-0.2, -0.15) is 0 Å². The van der Waals surface area contributed by atoms with Crippen LogP contribution in [0.3, 0.4) is 0 Å². The summed E-state index contributed by atoms with van der Waals surface area (Å²) < 4.78 is 12.8. The maximum Gasteiger partial charge on any atom is 0.289 e. The summed E-state index contributed by atoms with van der Waals surface area (Å²) in [5.41, 5.74) is 0.635. The number of ether oxygens (including phenoxy) is 1. The second-order valence-electron chi connectivity index (χ2n) is 5.81. The van der Waals surface area contributed by atoms with E-state index in [1.165, 1.54) is 0 Å². The van der Waals surface area contributed by atoms with Crippen molar-refractivity contribution in [2.75, 3.05) is 13.2 Å². The van der Waals surface area contributed by atoms with Crippen LogP contribution >= 0.6 is 0 Å². The van der Waals surface area contributed by atoms with Crippen molar-refractivity contribution in [1.29, 1.82) is 0 Å². The molecule has 1 N–H and O–H groups in total. The quantitative estimate of drug-likeness (QED) is 0.898. The van der Waals surface area contributed by atoms with E-state index in [1.807, 2.05) is 0 Å². The van der Waals surface area contributed by atoms with E-state index in [0.717, 1.165) is 12.8 Å². The van der Waals surface area contributed by atoms with E-state index in [2.05, 4.69) is 20.6 Å². The van der Waals surface area contributed by atoms with Crippen molar-refractivity contribution in [3.8, 4) is 0 Å². The van der Waals surface area contributed by atoms with Gasteiger partial charge < -0.3 is 14.5 Å². The maximum atomic E-state index is 12.4. The fourth-order valence-electron chi connectivity index (χ4n) is 2.70. The summed E-state index contributed by atoms with van der Waals surface area (Å²) in [7, 11) is 0. The normalized spacial score (nSPS) is 24.6. The molecule has 1 saturated carbocycles. The van der Waals surface area contributed by atoms with E-state index in [4.69, 9.17) is 9.15 Å². The zero-order chi connectivity index (χ0) is 15.1. The number of aryl methyl sites for hydroxylation is 1. The molecule has 22 heavy (non-hydrogen) atoms. The first-order valence-electron chi connectivity index (χ1n) is 7.44. The van der Waals surface area contributed by atoms with Gasteiger partial charge in [0.15, 0.2) is 5.89 Å². The number of aromatic nitrogens is 4. The summed E-state index contributed by atoms with van der Waals surface area (Å²) in [6, 6.07) is -0.222. The predicted octanol–water partition coefficient (Wildman–Crippen LogP) is 0.822. The molecule has 1 amide bonds. The van der Waals surface area contributed by atoms with E-state index in [1.54, 1.807) is 24.0 Å². The first-order chi connectivity index (χ1) is 10.7. The van der Waals surface area contributed by atoms with Gasteiger partial charge in [-0.1, -0.05) is 5.21 Å². The standard InChI is InChI=1S/C14H17N5O3/c1-8-12(22-14(16-8)9-2-3-9)13(20)17-10-6-21-7-11(10)19-5-4-15-18-19/h4-5,9-11H,2-3,6-7H2,1H3,(H,17,20)/t10-,11+/m0/s1. The number of oxazole rings is 1. The summed E-state index contributed by atoms with van der Waals surface area (Å²) in [6.07, 6.45) is 5.56. The number of hydrogen-bond acceptors (Lipinski definition) is 6. The Morgan fingerprint density at radius 3 is 3.00 bits per heavy atom. The lowest BCUT2D eigenvalue weighted by Crippen LogP contribution is -2.41. The van der Waals surface area contributed by atoms with Crippen LogP contribution in [-0.4, -0.2) is 45.1 Å². The minimum absolute atomic E-state index is 0.0578. The molecule has 1 aliphatic carbocycles. The van der Waals surface area contributed by atoms with Crippen LogP contribution in [0.25, 0.3) is 0 Å². The Labute approximate surface area is 126 Å². The molecular weight excluding hydrogens is 286 g/mol. The third kappa shape index (κ3) is 2.39.